The highest BCUT2D eigenvalue weighted by Crippen LogP contribution is 2.29. The number of aromatic nitrogens is 4. The van der Waals surface area contributed by atoms with Crippen LogP contribution in [0.15, 0.2) is 146 Å². The summed E-state index contributed by atoms with van der Waals surface area (Å²) >= 11 is 0. The second-order valence-electron chi connectivity index (χ2n) is 17.8. The summed E-state index contributed by atoms with van der Waals surface area (Å²) in [4.78, 5) is 15.9. The molecule has 0 fully saturated rings. The molecule has 0 spiro atoms. The first kappa shape index (κ1) is 42.8. The monoisotopic (exact) mass is 841 g/mol. The van der Waals surface area contributed by atoms with E-state index in [1.54, 1.807) is 0 Å². The van der Waals surface area contributed by atoms with Gasteiger partial charge in [-0.15, -0.1) is 0 Å². The fourth-order valence-corrected chi connectivity index (χ4v) is 9.45. The summed E-state index contributed by atoms with van der Waals surface area (Å²) in [6, 6.07) is 55.1. The van der Waals surface area contributed by atoms with Gasteiger partial charge in [0, 0.05) is 66.5 Å². The Hall–Kier alpha value is -6.52. The van der Waals surface area contributed by atoms with Crippen molar-refractivity contribution in [1.29, 1.82) is 0 Å². The van der Waals surface area contributed by atoms with E-state index in [2.05, 4.69) is 193 Å². The standard InChI is InChI=1S/C60H64N4/c1-5-9-13-41-17-25-45(26-18-41)57-49-33-35-51(61-49)58(46-27-19-42(20-28-46)14-10-6-2)53-37-39-55(63-53)60(48-31-23-44(24-32-48)16-12-8-4)56-40-38-54(64-56)59(52-36-34-50(57)62-52)47-29-21-43(22-30-47)15-11-7-3/h17-40,61-64H,5-16H2,1-4H3. The van der Waals surface area contributed by atoms with Crippen LogP contribution in [0.3, 0.4) is 0 Å². The molecule has 0 unspecified atom stereocenters. The molecule has 1 aliphatic rings. The summed E-state index contributed by atoms with van der Waals surface area (Å²) in [6.45, 7) is 9.05. The molecule has 5 heterocycles. The minimum absolute atomic E-state index is 1.07. The summed E-state index contributed by atoms with van der Waals surface area (Å²) in [5.41, 5.74) is 19.1. The van der Waals surface area contributed by atoms with Crippen LogP contribution in [0.5, 0.6) is 0 Å². The van der Waals surface area contributed by atoms with Crippen LogP contribution < -0.4 is 21.4 Å². The number of nitrogens with one attached hydrogen (secondary N) is 4. The third-order valence-electron chi connectivity index (χ3n) is 13.1. The molecule has 64 heavy (non-hydrogen) atoms. The van der Waals surface area contributed by atoms with E-state index in [1.165, 1.54) is 95.9 Å². The lowest BCUT2D eigenvalue weighted by molar-refractivity contribution is 0.795. The lowest BCUT2D eigenvalue weighted by Crippen LogP contribution is -2.19. The predicted octanol–water partition coefficient (Wildman–Crippen LogP) is 11.7. The smallest absolute Gasteiger partial charge is 0.0485 e. The van der Waals surface area contributed by atoms with Crippen LogP contribution in [0.25, 0.3) is 22.3 Å². The van der Waals surface area contributed by atoms with E-state index >= 15 is 0 Å². The van der Waals surface area contributed by atoms with Crippen molar-refractivity contribution in [1.82, 2.24) is 19.9 Å². The van der Waals surface area contributed by atoms with Crippen LogP contribution in [0.4, 0.5) is 0 Å². The number of hydrogen-bond donors (Lipinski definition) is 4. The van der Waals surface area contributed by atoms with Gasteiger partial charge in [0.1, 0.15) is 0 Å². The van der Waals surface area contributed by atoms with Crippen LogP contribution in [0, 0.1) is 0 Å². The number of H-pyrrole nitrogens is 4. The molecular formula is C60H64N4. The Kier molecular flexibility index (Phi) is 13.3. The number of hydrogen-bond acceptors (Lipinski definition) is 0. The van der Waals surface area contributed by atoms with Crippen molar-refractivity contribution < 1.29 is 0 Å². The second kappa shape index (κ2) is 19.9. The van der Waals surface area contributed by atoms with Crippen molar-refractivity contribution in [3.63, 3.8) is 0 Å². The topological polar surface area (TPSA) is 63.2 Å². The molecule has 0 aliphatic carbocycles. The Labute approximate surface area is 379 Å². The number of aromatic amines is 4. The maximum absolute atomic E-state index is 3.99. The number of benzene rings is 4. The third-order valence-corrected chi connectivity index (χ3v) is 13.1. The first-order valence-electron chi connectivity index (χ1n) is 24.2. The normalized spacial score (nSPS) is 12.7. The van der Waals surface area contributed by atoms with E-state index in [0.29, 0.717) is 0 Å². The fraction of sp³-hybridized carbons (Fsp3) is 0.267. The van der Waals surface area contributed by atoms with E-state index in [-0.39, 0.29) is 0 Å². The van der Waals surface area contributed by atoms with Gasteiger partial charge in [-0.05, 0) is 144 Å². The van der Waals surface area contributed by atoms with Crippen molar-refractivity contribution in [2.75, 3.05) is 0 Å². The highest BCUT2D eigenvalue weighted by Gasteiger charge is 2.19. The average Bonchev–Trinajstić information content (AvgIpc) is 4.19. The average molecular weight is 841 g/mol. The van der Waals surface area contributed by atoms with Crippen LogP contribution >= 0.6 is 0 Å². The van der Waals surface area contributed by atoms with Crippen LogP contribution in [0.1, 0.15) is 146 Å². The molecule has 0 amide bonds. The van der Waals surface area contributed by atoms with E-state index in [9.17, 15) is 0 Å². The minimum atomic E-state index is 1.07. The van der Waals surface area contributed by atoms with Gasteiger partial charge in [-0.3, -0.25) is 0 Å². The lowest BCUT2D eigenvalue weighted by Gasteiger charge is -2.11. The summed E-state index contributed by atoms with van der Waals surface area (Å²) in [5, 5.41) is 4.28. The molecule has 324 valence electrons. The Morgan fingerprint density at radius 1 is 0.250 bits per heavy atom. The minimum Gasteiger partial charge on any atom is -0.354 e. The van der Waals surface area contributed by atoms with Crippen LogP contribution in [-0.2, 0) is 25.7 Å². The molecule has 0 atom stereocenters. The molecule has 0 saturated heterocycles. The maximum atomic E-state index is 3.99. The van der Waals surface area contributed by atoms with Crippen molar-refractivity contribution >= 4 is 22.3 Å². The molecule has 4 aromatic heterocycles. The zero-order chi connectivity index (χ0) is 43.8. The van der Waals surface area contributed by atoms with Crippen molar-refractivity contribution in [2.24, 2.45) is 0 Å². The predicted molar refractivity (Wildman–Crippen MR) is 268 cm³/mol. The zero-order valence-corrected chi connectivity index (χ0v) is 38.3. The van der Waals surface area contributed by atoms with Gasteiger partial charge in [0.25, 0.3) is 0 Å². The summed E-state index contributed by atoms with van der Waals surface area (Å²) in [7, 11) is 0. The number of rotatable bonds is 16. The third kappa shape index (κ3) is 9.24. The summed E-state index contributed by atoms with van der Waals surface area (Å²) < 4.78 is 0. The molecule has 4 heteroatoms. The molecule has 1 aliphatic heterocycles. The maximum Gasteiger partial charge on any atom is 0.0485 e. The Bertz CT molecular complexity index is 2640. The molecule has 4 nitrogen and oxygen atoms in total. The van der Waals surface area contributed by atoms with Crippen LogP contribution in [-0.4, -0.2) is 19.9 Å². The van der Waals surface area contributed by atoms with Gasteiger partial charge in [-0.2, -0.15) is 0 Å². The lowest BCUT2D eigenvalue weighted by atomic mass is 9.99. The fourth-order valence-electron chi connectivity index (χ4n) is 9.45. The van der Waals surface area contributed by atoms with E-state index in [1.807, 2.05) is 0 Å². The highest BCUT2D eigenvalue weighted by molar-refractivity contribution is 5.85. The molecule has 4 N–H and O–H groups in total. The summed E-state index contributed by atoms with van der Waals surface area (Å²) in [5.74, 6) is 0. The van der Waals surface area contributed by atoms with E-state index in [4.69, 9.17) is 0 Å². The van der Waals surface area contributed by atoms with E-state index < -0.39 is 0 Å². The molecule has 9 rings (SSSR count). The van der Waals surface area contributed by atoms with Gasteiger partial charge < -0.3 is 19.9 Å². The Morgan fingerprint density at radius 3 is 0.672 bits per heavy atom. The van der Waals surface area contributed by atoms with Gasteiger partial charge >= 0.3 is 0 Å². The van der Waals surface area contributed by atoms with Gasteiger partial charge in [-0.25, -0.2) is 0 Å². The molecular weight excluding hydrogens is 777 g/mol. The van der Waals surface area contributed by atoms with E-state index in [0.717, 1.165) is 92.1 Å². The van der Waals surface area contributed by atoms with Crippen molar-refractivity contribution in [2.45, 2.75) is 105 Å². The SMILES string of the molecule is CCCCc1ccc(C2=c3ccc([nH]3)=C(c3ccc(CCCC)cc3)c3ccc([nH]3)C(c3ccc(CCCC)cc3)=c3ccc([nH]3)=C(c3ccc(CCCC)cc3)c3ccc2[nH]3)cc1. The molecule has 0 saturated carbocycles. The van der Waals surface area contributed by atoms with Crippen LogP contribution in [0.2, 0.25) is 0 Å². The largest absolute Gasteiger partial charge is 0.354 e. The first-order valence-corrected chi connectivity index (χ1v) is 24.2. The van der Waals surface area contributed by atoms with Gasteiger partial charge in [0.05, 0.1) is 0 Å². The molecule has 8 aromatic rings. The molecule has 8 bridgehead atoms. The van der Waals surface area contributed by atoms with Crippen molar-refractivity contribution in [3.8, 4) is 0 Å². The Morgan fingerprint density at radius 2 is 0.469 bits per heavy atom. The first-order chi connectivity index (χ1) is 31.5. The Balaban J connectivity index is 1.32. The van der Waals surface area contributed by atoms with Crippen molar-refractivity contribution in [3.05, 3.63) is 234 Å². The summed E-state index contributed by atoms with van der Waals surface area (Å²) in [6.07, 6.45) is 13.9. The quantitative estimate of drug-likeness (QED) is 0.0749. The van der Waals surface area contributed by atoms with Gasteiger partial charge in [0.2, 0.25) is 0 Å². The number of fused-ring (bicyclic) bond motifs is 8. The van der Waals surface area contributed by atoms with Gasteiger partial charge in [-0.1, -0.05) is 150 Å². The van der Waals surface area contributed by atoms with Gasteiger partial charge in [0.15, 0.2) is 0 Å². The number of unbranched alkanes of at least 4 members (excludes halogenated alkanes) is 4. The highest BCUT2D eigenvalue weighted by atomic mass is 14.8. The second-order valence-corrected chi connectivity index (χ2v) is 17.8. The zero-order valence-electron chi connectivity index (χ0n) is 38.3. The molecule has 4 aromatic carbocycles. The number of aryl methyl sites for hydroxylation is 4. The molecule has 0 radical (unpaired) electrons.